The Kier molecular flexibility index (Phi) is 5.51. The molecule has 8 heteroatoms. The molecule has 1 saturated heterocycles. The minimum Gasteiger partial charge on any atom is -0.507 e. The van der Waals surface area contributed by atoms with Crippen LogP contribution in [0.2, 0.25) is 0 Å². The molecule has 1 aliphatic heterocycles. The first-order valence-electron chi connectivity index (χ1n) is 9.70. The normalized spacial score (nSPS) is 17.5. The molecule has 0 aliphatic carbocycles. The van der Waals surface area contributed by atoms with Crippen LogP contribution in [0, 0.1) is 15.9 Å². The maximum Gasteiger partial charge on any atom is 0.295 e. The van der Waals surface area contributed by atoms with E-state index in [0.29, 0.717) is 0 Å². The number of hydrogen-bond acceptors (Lipinski definition) is 5. The zero-order chi connectivity index (χ0) is 22.8. The fraction of sp³-hybridized carbons (Fsp3) is 0.0833. The molecule has 1 amide bonds. The first kappa shape index (κ1) is 20.9. The van der Waals surface area contributed by atoms with Crippen LogP contribution in [-0.2, 0) is 16.1 Å². The van der Waals surface area contributed by atoms with Crippen molar-refractivity contribution in [1.29, 1.82) is 0 Å². The number of non-ortho nitro benzene ring substituents is 1. The van der Waals surface area contributed by atoms with Gasteiger partial charge < -0.3 is 10.0 Å². The summed E-state index contributed by atoms with van der Waals surface area (Å²) in [5.41, 5.74) is 0.424. The lowest BCUT2D eigenvalue weighted by Crippen LogP contribution is -2.29. The van der Waals surface area contributed by atoms with Crippen LogP contribution < -0.4 is 0 Å². The van der Waals surface area contributed by atoms with Gasteiger partial charge >= 0.3 is 0 Å². The highest BCUT2D eigenvalue weighted by molar-refractivity contribution is 6.46. The highest BCUT2D eigenvalue weighted by Crippen LogP contribution is 2.41. The number of hydrogen-bond donors (Lipinski definition) is 1. The number of amides is 1. The first-order valence-corrected chi connectivity index (χ1v) is 9.70. The SMILES string of the molecule is O=C1C(=O)N(Cc2ccccc2)[C@@H](c2ccccc2F)/C1=C(\O)c1ccc([N+](=O)[O-])cc1. The Morgan fingerprint density at radius 1 is 0.969 bits per heavy atom. The quantitative estimate of drug-likeness (QED) is 0.212. The minimum absolute atomic E-state index is 0.0292. The van der Waals surface area contributed by atoms with E-state index in [1.165, 1.54) is 47.4 Å². The van der Waals surface area contributed by atoms with E-state index in [4.69, 9.17) is 0 Å². The lowest BCUT2D eigenvalue weighted by molar-refractivity contribution is -0.384. The maximum absolute atomic E-state index is 14.8. The number of aliphatic hydroxyl groups is 1. The van der Waals surface area contributed by atoms with E-state index in [1.54, 1.807) is 36.4 Å². The van der Waals surface area contributed by atoms with Crippen LogP contribution in [0.25, 0.3) is 5.76 Å². The van der Waals surface area contributed by atoms with E-state index in [9.17, 15) is 29.2 Å². The number of nitro groups is 1. The number of carbonyl (C=O) groups is 2. The zero-order valence-corrected chi connectivity index (χ0v) is 16.6. The lowest BCUT2D eigenvalue weighted by Gasteiger charge is -2.25. The maximum atomic E-state index is 14.8. The lowest BCUT2D eigenvalue weighted by atomic mass is 9.94. The molecule has 0 spiro atoms. The van der Waals surface area contributed by atoms with Crippen molar-refractivity contribution in [3.63, 3.8) is 0 Å². The summed E-state index contributed by atoms with van der Waals surface area (Å²) in [7, 11) is 0. The van der Waals surface area contributed by atoms with Gasteiger partial charge in [0.05, 0.1) is 16.5 Å². The largest absolute Gasteiger partial charge is 0.507 e. The number of rotatable bonds is 5. The number of carbonyl (C=O) groups excluding carboxylic acids is 2. The van der Waals surface area contributed by atoms with Gasteiger partial charge in [0.2, 0.25) is 0 Å². The Balaban J connectivity index is 1.86. The molecule has 1 heterocycles. The van der Waals surface area contributed by atoms with Crippen molar-refractivity contribution < 1.29 is 24.0 Å². The van der Waals surface area contributed by atoms with Gasteiger partial charge in [0.1, 0.15) is 11.6 Å². The summed E-state index contributed by atoms with van der Waals surface area (Å²) in [6.07, 6.45) is 0. The number of nitrogens with zero attached hydrogens (tertiary/aromatic N) is 2. The van der Waals surface area contributed by atoms with Gasteiger partial charge in [-0.3, -0.25) is 19.7 Å². The Morgan fingerprint density at radius 3 is 2.22 bits per heavy atom. The topological polar surface area (TPSA) is 101 Å². The molecular formula is C24H17FN2O5. The smallest absolute Gasteiger partial charge is 0.295 e. The Labute approximate surface area is 182 Å². The van der Waals surface area contributed by atoms with Crippen LogP contribution in [-0.4, -0.2) is 26.6 Å². The van der Waals surface area contributed by atoms with Crippen molar-refractivity contribution in [2.75, 3.05) is 0 Å². The monoisotopic (exact) mass is 432 g/mol. The molecule has 160 valence electrons. The van der Waals surface area contributed by atoms with E-state index in [1.807, 2.05) is 0 Å². The van der Waals surface area contributed by atoms with Crippen molar-refractivity contribution >= 4 is 23.1 Å². The third-order valence-corrected chi connectivity index (χ3v) is 5.29. The standard InChI is InChI=1S/C24H17FN2O5/c25-19-9-5-4-8-18(19)21-20(22(28)16-10-12-17(13-11-16)27(31)32)23(29)24(30)26(21)14-15-6-2-1-3-7-15/h1-13,21,28H,14H2/b22-20+/t21-/m0/s1. The van der Waals surface area contributed by atoms with E-state index < -0.39 is 34.2 Å². The predicted octanol–water partition coefficient (Wildman–Crippen LogP) is 4.36. The molecular weight excluding hydrogens is 415 g/mol. The highest BCUT2D eigenvalue weighted by Gasteiger charge is 2.46. The van der Waals surface area contributed by atoms with Crippen molar-refractivity contribution in [3.05, 3.63) is 117 Å². The number of halogens is 1. The van der Waals surface area contributed by atoms with Crippen LogP contribution in [0.15, 0.2) is 84.4 Å². The number of Topliss-reactive ketones (excluding diaryl/α,β-unsaturated/α-hetero) is 1. The summed E-state index contributed by atoms with van der Waals surface area (Å²) in [6, 6.07) is 18.4. The molecule has 1 atom stereocenters. The van der Waals surface area contributed by atoms with E-state index in [-0.39, 0.29) is 28.9 Å². The van der Waals surface area contributed by atoms with Gasteiger partial charge in [-0.2, -0.15) is 0 Å². The van der Waals surface area contributed by atoms with Gasteiger partial charge in [-0.25, -0.2) is 4.39 Å². The summed E-state index contributed by atoms with van der Waals surface area (Å²) >= 11 is 0. The second-order valence-electron chi connectivity index (χ2n) is 7.24. The summed E-state index contributed by atoms with van der Waals surface area (Å²) in [4.78, 5) is 37.4. The highest BCUT2D eigenvalue weighted by atomic mass is 19.1. The Morgan fingerprint density at radius 2 is 1.59 bits per heavy atom. The number of aliphatic hydroxyl groups excluding tert-OH is 1. The van der Waals surface area contributed by atoms with Gasteiger partial charge in [0.15, 0.2) is 0 Å². The fourth-order valence-electron chi connectivity index (χ4n) is 3.74. The molecule has 0 unspecified atom stereocenters. The van der Waals surface area contributed by atoms with E-state index in [2.05, 4.69) is 0 Å². The average Bonchev–Trinajstić information content (AvgIpc) is 3.04. The third kappa shape index (κ3) is 3.74. The van der Waals surface area contributed by atoms with Gasteiger partial charge in [0, 0.05) is 29.8 Å². The molecule has 32 heavy (non-hydrogen) atoms. The molecule has 1 N–H and O–H groups in total. The molecule has 1 aliphatic rings. The van der Waals surface area contributed by atoms with E-state index in [0.717, 1.165) is 5.56 Å². The summed E-state index contributed by atoms with van der Waals surface area (Å²) in [5.74, 6) is -2.98. The fourth-order valence-corrected chi connectivity index (χ4v) is 3.74. The number of nitro benzene ring substituents is 1. The Bertz CT molecular complexity index is 1240. The van der Waals surface area contributed by atoms with Crippen molar-refractivity contribution in [1.82, 2.24) is 4.90 Å². The van der Waals surface area contributed by atoms with Crippen molar-refractivity contribution in [2.45, 2.75) is 12.6 Å². The molecule has 0 radical (unpaired) electrons. The van der Waals surface area contributed by atoms with Crippen LogP contribution in [0.3, 0.4) is 0 Å². The van der Waals surface area contributed by atoms with Gasteiger partial charge in [-0.15, -0.1) is 0 Å². The summed E-state index contributed by atoms with van der Waals surface area (Å²) in [5, 5.41) is 21.8. The number of benzene rings is 3. The summed E-state index contributed by atoms with van der Waals surface area (Å²) in [6.45, 7) is 0.0292. The van der Waals surface area contributed by atoms with Gasteiger partial charge in [0.25, 0.3) is 17.4 Å². The van der Waals surface area contributed by atoms with Crippen LogP contribution in [0.4, 0.5) is 10.1 Å². The second kappa shape index (κ2) is 8.43. The molecule has 0 bridgehead atoms. The van der Waals surface area contributed by atoms with Gasteiger partial charge in [-0.05, 0) is 23.8 Å². The molecule has 1 fully saturated rings. The van der Waals surface area contributed by atoms with Crippen molar-refractivity contribution in [3.8, 4) is 0 Å². The summed E-state index contributed by atoms with van der Waals surface area (Å²) < 4.78 is 14.8. The first-order chi connectivity index (χ1) is 15.4. The molecule has 0 saturated carbocycles. The minimum atomic E-state index is -1.16. The molecule has 3 aromatic rings. The van der Waals surface area contributed by atoms with Gasteiger partial charge in [-0.1, -0.05) is 48.5 Å². The number of ketones is 1. The molecule has 7 nitrogen and oxygen atoms in total. The Hall–Kier alpha value is -4.33. The van der Waals surface area contributed by atoms with Crippen LogP contribution in [0.1, 0.15) is 22.7 Å². The van der Waals surface area contributed by atoms with Crippen LogP contribution in [0.5, 0.6) is 0 Å². The van der Waals surface area contributed by atoms with Crippen LogP contribution >= 0.6 is 0 Å². The number of likely N-dealkylation sites (tertiary alicyclic amines) is 1. The molecule has 3 aromatic carbocycles. The zero-order valence-electron chi connectivity index (χ0n) is 16.6. The van der Waals surface area contributed by atoms with Crippen molar-refractivity contribution in [2.24, 2.45) is 0 Å². The second-order valence-corrected chi connectivity index (χ2v) is 7.24. The third-order valence-electron chi connectivity index (χ3n) is 5.29. The molecule has 4 rings (SSSR count). The average molecular weight is 432 g/mol. The predicted molar refractivity (Wildman–Crippen MR) is 114 cm³/mol. The molecule has 0 aromatic heterocycles. The van der Waals surface area contributed by atoms with E-state index >= 15 is 0 Å².